The fourth-order valence-electron chi connectivity index (χ4n) is 3.94. The number of fused-ring (bicyclic) bond motifs is 1. The summed E-state index contributed by atoms with van der Waals surface area (Å²) in [6.07, 6.45) is 4.15. The molecule has 0 spiro atoms. The van der Waals surface area contributed by atoms with Crippen LogP contribution < -0.4 is 0 Å². The molecule has 1 aliphatic rings. The van der Waals surface area contributed by atoms with Crippen molar-refractivity contribution in [2.75, 3.05) is 26.8 Å². The maximum absolute atomic E-state index is 12.6. The Morgan fingerprint density at radius 1 is 1.21 bits per heavy atom. The van der Waals surface area contributed by atoms with E-state index in [9.17, 15) is 4.79 Å². The summed E-state index contributed by atoms with van der Waals surface area (Å²) >= 11 is 0. The fraction of sp³-hybridized carbons (Fsp3) is 0.409. The first-order chi connectivity index (χ1) is 13.7. The zero-order chi connectivity index (χ0) is 19.3. The maximum atomic E-state index is 12.6. The van der Waals surface area contributed by atoms with Crippen molar-refractivity contribution in [3.63, 3.8) is 0 Å². The lowest BCUT2D eigenvalue weighted by Crippen LogP contribution is -2.30. The van der Waals surface area contributed by atoms with Crippen LogP contribution in [0, 0.1) is 5.92 Å². The summed E-state index contributed by atoms with van der Waals surface area (Å²) in [7, 11) is 1.71. The molecule has 0 saturated carbocycles. The highest BCUT2D eigenvalue weighted by atomic mass is 16.5. The van der Waals surface area contributed by atoms with Crippen molar-refractivity contribution in [2.45, 2.75) is 25.8 Å². The van der Waals surface area contributed by atoms with Gasteiger partial charge in [-0.25, -0.2) is 9.97 Å². The van der Waals surface area contributed by atoms with E-state index in [1.54, 1.807) is 13.3 Å². The van der Waals surface area contributed by atoms with Crippen LogP contribution in [0.15, 0.2) is 48.7 Å². The molecule has 3 aromatic rings. The normalized spacial score (nSPS) is 16.8. The minimum atomic E-state index is 0.211. The molecule has 1 amide bonds. The lowest BCUT2D eigenvalue weighted by Gasteiger charge is -2.17. The highest BCUT2D eigenvalue weighted by molar-refractivity contribution is 5.79. The molecule has 0 bridgehead atoms. The van der Waals surface area contributed by atoms with Crippen molar-refractivity contribution >= 4 is 17.1 Å². The lowest BCUT2D eigenvalue weighted by molar-refractivity contribution is -0.129. The number of rotatable bonds is 7. The minimum absolute atomic E-state index is 0.211. The molecule has 1 fully saturated rings. The van der Waals surface area contributed by atoms with E-state index in [1.807, 2.05) is 47.4 Å². The van der Waals surface area contributed by atoms with Crippen LogP contribution in [-0.2, 0) is 28.9 Å². The summed E-state index contributed by atoms with van der Waals surface area (Å²) in [6, 6.07) is 13.9. The standard InChI is InChI=1S/C22H26N4O2/c1-28-13-12-26-20(24-19-8-5-10-23-22(19)26)14-18-9-11-25(16-18)21(27)15-17-6-3-2-4-7-17/h2-8,10,18H,9,11-16H2,1H3/t18-/m0/s1. The Morgan fingerprint density at radius 2 is 2.07 bits per heavy atom. The van der Waals surface area contributed by atoms with Crippen molar-refractivity contribution in [1.82, 2.24) is 19.4 Å². The van der Waals surface area contributed by atoms with Crippen molar-refractivity contribution in [1.29, 1.82) is 0 Å². The molecule has 0 N–H and O–H groups in total. The molecule has 1 saturated heterocycles. The number of hydrogen-bond acceptors (Lipinski definition) is 4. The maximum Gasteiger partial charge on any atom is 0.226 e. The molecular formula is C22H26N4O2. The predicted molar refractivity (Wildman–Crippen MR) is 108 cm³/mol. The monoisotopic (exact) mass is 378 g/mol. The largest absolute Gasteiger partial charge is 0.383 e. The van der Waals surface area contributed by atoms with Crippen LogP contribution in [0.2, 0.25) is 0 Å². The van der Waals surface area contributed by atoms with Crippen LogP contribution in [0.25, 0.3) is 11.2 Å². The first kappa shape index (κ1) is 18.6. The van der Waals surface area contributed by atoms with Gasteiger partial charge in [-0.1, -0.05) is 30.3 Å². The molecule has 2 aromatic heterocycles. The molecular weight excluding hydrogens is 352 g/mol. The highest BCUT2D eigenvalue weighted by Crippen LogP contribution is 2.23. The molecule has 1 aromatic carbocycles. The average Bonchev–Trinajstić information content (AvgIpc) is 3.32. The predicted octanol–water partition coefficient (Wildman–Crippen LogP) is 2.71. The van der Waals surface area contributed by atoms with E-state index in [0.717, 1.165) is 55.0 Å². The third-order valence-corrected chi connectivity index (χ3v) is 5.41. The number of nitrogens with zero attached hydrogens (tertiary/aromatic N) is 4. The molecule has 6 nitrogen and oxygen atoms in total. The van der Waals surface area contributed by atoms with E-state index in [0.29, 0.717) is 18.9 Å². The second-order valence-electron chi connectivity index (χ2n) is 7.38. The van der Waals surface area contributed by atoms with Gasteiger partial charge in [0.2, 0.25) is 5.91 Å². The number of methoxy groups -OCH3 is 1. The Morgan fingerprint density at radius 3 is 2.89 bits per heavy atom. The topological polar surface area (TPSA) is 60.2 Å². The summed E-state index contributed by atoms with van der Waals surface area (Å²) in [5.74, 6) is 1.68. The molecule has 6 heteroatoms. The van der Waals surface area contributed by atoms with Crippen molar-refractivity contribution in [3.05, 3.63) is 60.0 Å². The number of amides is 1. The zero-order valence-electron chi connectivity index (χ0n) is 16.3. The quantitative estimate of drug-likeness (QED) is 0.634. The minimum Gasteiger partial charge on any atom is -0.383 e. The highest BCUT2D eigenvalue weighted by Gasteiger charge is 2.28. The number of benzene rings is 1. The lowest BCUT2D eigenvalue weighted by atomic mass is 10.0. The third kappa shape index (κ3) is 4.07. The number of aromatic nitrogens is 3. The summed E-state index contributed by atoms with van der Waals surface area (Å²) in [4.78, 5) is 23.9. The van der Waals surface area contributed by atoms with Gasteiger partial charge in [0.05, 0.1) is 13.0 Å². The van der Waals surface area contributed by atoms with E-state index in [-0.39, 0.29) is 5.91 Å². The van der Waals surface area contributed by atoms with Crippen LogP contribution in [0.5, 0.6) is 0 Å². The molecule has 0 aliphatic carbocycles. The summed E-state index contributed by atoms with van der Waals surface area (Å²) in [6.45, 7) is 2.99. The van der Waals surface area contributed by atoms with E-state index in [2.05, 4.69) is 9.55 Å². The number of carbonyl (C=O) groups excluding carboxylic acids is 1. The molecule has 4 rings (SSSR count). The van der Waals surface area contributed by atoms with Crippen molar-refractivity contribution in [3.8, 4) is 0 Å². The number of pyridine rings is 1. The summed E-state index contributed by atoms with van der Waals surface area (Å²) < 4.78 is 7.42. The molecule has 28 heavy (non-hydrogen) atoms. The van der Waals surface area contributed by atoms with Gasteiger partial charge in [-0.2, -0.15) is 0 Å². The third-order valence-electron chi connectivity index (χ3n) is 5.41. The van der Waals surface area contributed by atoms with E-state index < -0.39 is 0 Å². The van der Waals surface area contributed by atoms with E-state index in [1.165, 1.54) is 0 Å². The van der Waals surface area contributed by atoms with Crippen molar-refractivity contribution < 1.29 is 9.53 Å². The molecule has 146 valence electrons. The summed E-state index contributed by atoms with van der Waals surface area (Å²) in [5, 5.41) is 0. The smallest absolute Gasteiger partial charge is 0.226 e. The van der Waals surface area contributed by atoms with Crippen LogP contribution >= 0.6 is 0 Å². The van der Waals surface area contributed by atoms with Crippen LogP contribution in [-0.4, -0.2) is 52.1 Å². The van der Waals surface area contributed by atoms with Crippen LogP contribution in [0.1, 0.15) is 17.8 Å². The first-order valence-corrected chi connectivity index (χ1v) is 9.85. The number of carbonyl (C=O) groups is 1. The Bertz CT molecular complexity index is 938. The molecule has 3 heterocycles. The van der Waals surface area contributed by atoms with Gasteiger partial charge in [-0.15, -0.1) is 0 Å². The average molecular weight is 378 g/mol. The number of hydrogen-bond donors (Lipinski definition) is 0. The fourth-order valence-corrected chi connectivity index (χ4v) is 3.94. The van der Waals surface area contributed by atoms with Gasteiger partial charge in [-0.3, -0.25) is 4.79 Å². The second kappa shape index (κ2) is 8.52. The van der Waals surface area contributed by atoms with E-state index >= 15 is 0 Å². The van der Waals surface area contributed by atoms with Gasteiger partial charge in [-0.05, 0) is 30.0 Å². The summed E-state index contributed by atoms with van der Waals surface area (Å²) in [5.41, 5.74) is 2.90. The van der Waals surface area contributed by atoms with Gasteiger partial charge in [0.25, 0.3) is 0 Å². The Kier molecular flexibility index (Phi) is 5.67. The van der Waals surface area contributed by atoms with Crippen LogP contribution in [0.3, 0.4) is 0 Å². The second-order valence-corrected chi connectivity index (χ2v) is 7.38. The van der Waals surface area contributed by atoms with Gasteiger partial charge < -0.3 is 14.2 Å². The van der Waals surface area contributed by atoms with Gasteiger partial charge in [0.1, 0.15) is 11.3 Å². The van der Waals surface area contributed by atoms with Gasteiger partial charge >= 0.3 is 0 Å². The Balaban J connectivity index is 1.43. The SMILES string of the molecule is COCCn1c(C[C@@H]2CCN(C(=O)Cc3ccccc3)C2)nc2cccnc21. The van der Waals surface area contributed by atoms with E-state index in [4.69, 9.17) is 9.72 Å². The number of ether oxygens (including phenoxy) is 1. The molecule has 1 aliphatic heterocycles. The Labute approximate surface area is 165 Å². The molecule has 0 radical (unpaired) electrons. The Hall–Kier alpha value is -2.73. The van der Waals surface area contributed by atoms with Gasteiger partial charge in [0.15, 0.2) is 5.65 Å². The molecule has 0 unspecified atom stereocenters. The van der Waals surface area contributed by atoms with Crippen molar-refractivity contribution in [2.24, 2.45) is 5.92 Å². The first-order valence-electron chi connectivity index (χ1n) is 9.85. The van der Waals surface area contributed by atoms with Crippen LogP contribution in [0.4, 0.5) is 0 Å². The number of likely N-dealkylation sites (tertiary alicyclic amines) is 1. The number of imidazole rings is 1. The molecule has 1 atom stereocenters. The van der Waals surface area contributed by atoms with Gasteiger partial charge in [0, 0.05) is 39.4 Å². The zero-order valence-corrected chi connectivity index (χ0v) is 16.3.